The molecule has 0 bridgehead atoms. The molecule has 0 aromatic carbocycles. The van der Waals surface area contributed by atoms with Crippen molar-refractivity contribution in [1.82, 2.24) is 10.2 Å². The van der Waals surface area contributed by atoms with Crippen molar-refractivity contribution in [3.05, 3.63) is 0 Å². The molecule has 0 radical (unpaired) electrons. The highest BCUT2D eigenvalue weighted by Gasteiger charge is 2.43. The van der Waals surface area contributed by atoms with Gasteiger partial charge in [0, 0.05) is 23.6 Å². The van der Waals surface area contributed by atoms with Gasteiger partial charge < -0.3 is 10.2 Å². The third-order valence-electron chi connectivity index (χ3n) is 3.96. The minimum absolute atomic E-state index is 0.249. The molecule has 4 heteroatoms. The van der Waals surface area contributed by atoms with E-state index in [0.717, 1.165) is 38.9 Å². The highest BCUT2D eigenvalue weighted by atomic mass is 32.2. The van der Waals surface area contributed by atoms with Crippen LogP contribution < -0.4 is 5.32 Å². The van der Waals surface area contributed by atoms with Crippen molar-refractivity contribution < 1.29 is 4.79 Å². The van der Waals surface area contributed by atoms with Crippen LogP contribution in [0, 0.1) is 0 Å². The summed E-state index contributed by atoms with van der Waals surface area (Å²) < 4.78 is 0. The lowest BCUT2D eigenvalue weighted by Gasteiger charge is -2.40. The predicted octanol–water partition coefficient (Wildman–Crippen LogP) is 1.87. The van der Waals surface area contributed by atoms with Gasteiger partial charge in [0.05, 0.1) is 5.54 Å². The zero-order valence-electron chi connectivity index (χ0n) is 11.2. The fourth-order valence-electron chi connectivity index (χ4n) is 3.09. The minimum Gasteiger partial charge on any atom is -0.339 e. The Morgan fingerprint density at radius 1 is 1.41 bits per heavy atom. The first kappa shape index (κ1) is 13.2. The van der Waals surface area contributed by atoms with Gasteiger partial charge in [0.25, 0.3) is 0 Å². The Morgan fingerprint density at radius 2 is 2.06 bits per heavy atom. The second-order valence-corrected chi connectivity index (χ2v) is 7.32. The van der Waals surface area contributed by atoms with Crippen LogP contribution in [0.3, 0.4) is 0 Å². The van der Waals surface area contributed by atoms with E-state index < -0.39 is 0 Å². The van der Waals surface area contributed by atoms with Crippen molar-refractivity contribution in [3.63, 3.8) is 0 Å². The average Bonchev–Trinajstić information content (AvgIpc) is 2.76. The molecule has 2 aliphatic heterocycles. The van der Waals surface area contributed by atoms with Crippen LogP contribution in [0.5, 0.6) is 0 Å². The van der Waals surface area contributed by atoms with Crippen molar-refractivity contribution >= 4 is 17.7 Å². The summed E-state index contributed by atoms with van der Waals surface area (Å²) in [6, 6.07) is 0. The molecule has 0 aromatic rings. The summed E-state index contributed by atoms with van der Waals surface area (Å²) in [6.07, 6.45) is 3.06. The molecule has 3 nitrogen and oxygen atoms in total. The van der Waals surface area contributed by atoms with E-state index in [0.29, 0.717) is 16.4 Å². The Kier molecular flexibility index (Phi) is 4.03. The van der Waals surface area contributed by atoms with E-state index in [1.54, 1.807) is 0 Å². The van der Waals surface area contributed by atoms with Gasteiger partial charge in [-0.1, -0.05) is 20.8 Å². The van der Waals surface area contributed by atoms with Gasteiger partial charge in [0.15, 0.2) is 0 Å². The SMILES string of the molecule is CCC1(C(=O)N2CC(C)SC(C)C2)CCCN1. The molecule has 0 saturated carbocycles. The maximum absolute atomic E-state index is 12.7. The zero-order chi connectivity index (χ0) is 12.5. The Balaban J connectivity index is 2.08. The number of amides is 1. The summed E-state index contributed by atoms with van der Waals surface area (Å²) in [7, 11) is 0. The molecule has 2 aliphatic rings. The molecular formula is C13H24N2OS. The van der Waals surface area contributed by atoms with Gasteiger partial charge in [-0.15, -0.1) is 0 Å². The first-order valence-electron chi connectivity index (χ1n) is 6.77. The van der Waals surface area contributed by atoms with Crippen LogP contribution in [0.15, 0.2) is 0 Å². The van der Waals surface area contributed by atoms with Crippen molar-refractivity contribution in [1.29, 1.82) is 0 Å². The fourth-order valence-corrected chi connectivity index (χ4v) is 4.41. The highest BCUT2D eigenvalue weighted by Crippen LogP contribution is 2.30. The molecule has 2 saturated heterocycles. The molecule has 1 N–H and O–H groups in total. The van der Waals surface area contributed by atoms with E-state index >= 15 is 0 Å². The van der Waals surface area contributed by atoms with Gasteiger partial charge in [0.1, 0.15) is 0 Å². The fraction of sp³-hybridized carbons (Fsp3) is 0.923. The standard InChI is InChI=1S/C13H24N2OS/c1-4-13(6-5-7-14-13)12(16)15-8-10(2)17-11(3)9-15/h10-11,14H,4-9H2,1-3H3. The smallest absolute Gasteiger partial charge is 0.242 e. The number of nitrogens with one attached hydrogen (secondary N) is 1. The lowest BCUT2D eigenvalue weighted by atomic mass is 9.92. The molecule has 2 heterocycles. The number of thioether (sulfide) groups is 1. The summed E-state index contributed by atoms with van der Waals surface area (Å²) in [4.78, 5) is 14.8. The van der Waals surface area contributed by atoms with Crippen molar-refractivity contribution in [2.45, 2.75) is 56.1 Å². The minimum atomic E-state index is -0.249. The summed E-state index contributed by atoms with van der Waals surface area (Å²) in [6.45, 7) is 9.40. The van der Waals surface area contributed by atoms with Crippen LogP contribution in [-0.2, 0) is 4.79 Å². The van der Waals surface area contributed by atoms with Crippen molar-refractivity contribution in [2.24, 2.45) is 0 Å². The van der Waals surface area contributed by atoms with E-state index in [9.17, 15) is 4.79 Å². The van der Waals surface area contributed by atoms with Crippen LogP contribution in [0.2, 0.25) is 0 Å². The predicted molar refractivity (Wildman–Crippen MR) is 73.4 cm³/mol. The second kappa shape index (κ2) is 5.19. The van der Waals surface area contributed by atoms with Gasteiger partial charge in [-0.05, 0) is 25.8 Å². The quantitative estimate of drug-likeness (QED) is 0.818. The number of carbonyl (C=O) groups excluding carboxylic acids is 1. The Morgan fingerprint density at radius 3 is 2.53 bits per heavy atom. The third kappa shape index (κ3) is 2.63. The zero-order valence-corrected chi connectivity index (χ0v) is 12.0. The van der Waals surface area contributed by atoms with E-state index in [1.165, 1.54) is 0 Å². The van der Waals surface area contributed by atoms with Gasteiger partial charge in [-0.2, -0.15) is 11.8 Å². The molecular weight excluding hydrogens is 232 g/mol. The van der Waals surface area contributed by atoms with Crippen LogP contribution >= 0.6 is 11.8 Å². The van der Waals surface area contributed by atoms with Crippen LogP contribution in [0.1, 0.15) is 40.0 Å². The van der Waals surface area contributed by atoms with Crippen LogP contribution in [0.25, 0.3) is 0 Å². The topological polar surface area (TPSA) is 32.3 Å². The molecule has 2 rings (SSSR count). The molecule has 2 fully saturated rings. The van der Waals surface area contributed by atoms with E-state index in [-0.39, 0.29) is 5.54 Å². The molecule has 1 amide bonds. The number of hydrogen-bond acceptors (Lipinski definition) is 3. The summed E-state index contributed by atoms with van der Waals surface area (Å²) in [5, 5.41) is 4.58. The molecule has 17 heavy (non-hydrogen) atoms. The monoisotopic (exact) mass is 256 g/mol. The van der Waals surface area contributed by atoms with E-state index in [1.807, 2.05) is 11.8 Å². The van der Waals surface area contributed by atoms with Gasteiger partial charge in [-0.25, -0.2) is 0 Å². The number of nitrogens with zero attached hydrogens (tertiary/aromatic N) is 1. The van der Waals surface area contributed by atoms with E-state index in [4.69, 9.17) is 0 Å². The van der Waals surface area contributed by atoms with Crippen molar-refractivity contribution in [2.75, 3.05) is 19.6 Å². The largest absolute Gasteiger partial charge is 0.339 e. The Hall–Kier alpha value is -0.220. The normalized spacial score (nSPS) is 38.4. The van der Waals surface area contributed by atoms with Gasteiger partial charge in [-0.3, -0.25) is 4.79 Å². The molecule has 3 unspecified atom stereocenters. The lowest BCUT2D eigenvalue weighted by molar-refractivity contribution is -0.138. The first-order chi connectivity index (χ1) is 8.07. The Bertz CT molecular complexity index is 279. The average molecular weight is 256 g/mol. The van der Waals surface area contributed by atoms with E-state index in [2.05, 4.69) is 31.0 Å². The molecule has 3 atom stereocenters. The van der Waals surface area contributed by atoms with Gasteiger partial charge in [0.2, 0.25) is 5.91 Å². The highest BCUT2D eigenvalue weighted by molar-refractivity contribution is 8.00. The van der Waals surface area contributed by atoms with Crippen LogP contribution in [-0.4, -0.2) is 46.5 Å². The molecule has 0 aliphatic carbocycles. The molecule has 98 valence electrons. The summed E-state index contributed by atoms with van der Waals surface area (Å²) >= 11 is 2.00. The number of carbonyl (C=O) groups is 1. The second-order valence-electron chi connectivity index (χ2n) is 5.43. The maximum atomic E-state index is 12.7. The first-order valence-corrected chi connectivity index (χ1v) is 7.71. The van der Waals surface area contributed by atoms with Crippen LogP contribution in [0.4, 0.5) is 0 Å². The molecule has 0 aromatic heterocycles. The third-order valence-corrected chi connectivity index (χ3v) is 5.19. The summed E-state index contributed by atoms with van der Waals surface area (Å²) in [5.41, 5.74) is -0.249. The van der Waals surface area contributed by atoms with Gasteiger partial charge >= 0.3 is 0 Å². The maximum Gasteiger partial charge on any atom is 0.242 e. The number of hydrogen-bond donors (Lipinski definition) is 1. The summed E-state index contributed by atoms with van der Waals surface area (Å²) in [5.74, 6) is 0.344. The Labute approximate surface area is 109 Å². The van der Waals surface area contributed by atoms with Crippen molar-refractivity contribution in [3.8, 4) is 0 Å². The number of rotatable bonds is 2. The molecule has 0 spiro atoms. The lowest BCUT2D eigenvalue weighted by Crippen LogP contribution is -2.57.